The van der Waals surface area contributed by atoms with Gasteiger partial charge in [-0.1, -0.05) is 30.0 Å². The lowest BCUT2D eigenvalue weighted by molar-refractivity contribution is 0.484. The van der Waals surface area contributed by atoms with Crippen molar-refractivity contribution in [2.75, 3.05) is 0 Å². The topological polar surface area (TPSA) is 84.6 Å². The van der Waals surface area contributed by atoms with Crippen LogP contribution >= 0.6 is 11.8 Å². The van der Waals surface area contributed by atoms with E-state index in [0.717, 1.165) is 11.8 Å². The summed E-state index contributed by atoms with van der Waals surface area (Å²) in [4.78, 5) is 12.5. The molecule has 0 amide bonds. The minimum atomic E-state index is -4.24. The maximum absolute atomic E-state index is 12.3. The summed E-state index contributed by atoms with van der Waals surface area (Å²) >= 11 is 0.774. The van der Waals surface area contributed by atoms with Crippen LogP contribution in [0.15, 0.2) is 44.4 Å². The third-order valence-corrected chi connectivity index (χ3v) is 5.49. The van der Waals surface area contributed by atoms with E-state index in [1.807, 2.05) is 0 Å². The molecule has 1 N–H and O–H groups in total. The molecule has 0 spiro atoms. The fraction of sp³-hybridized carbons (Fsp3) is 0.0833. The molecule has 0 radical (unpaired) electrons. The molecular weight excluding hydrogens is 288 g/mol. The molecule has 1 unspecified atom stereocenters. The molecule has 1 aromatic carbocycles. The number of thioether (sulfide) groups is 1. The van der Waals surface area contributed by atoms with E-state index < -0.39 is 14.7 Å². The fourth-order valence-electron chi connectivity index (χ4n) is 1.85. The minimum absolute atomic E-state index is 0.198. The summed E-state index contributed by atoms with van der Waals surface area (Å²) in [6, 6.07) is 6.74. The molecule has 0 saturated carbocycles. The van der Waals surface area contributed by atoms with Gasteiger partial charge in [0.2, 0.25) is 5.43 Å². The maximum Gasteiger partial charge on any atom is 0.281 e. The van der Waals surface area contributed by atoms with Crippen molar-refractivity contribution in [2.45, 2.75) is 9.48 Å². The molecule has 2 heterocycles. The van der Waals surface area contributed by atoms with Crippen molar-refractivity contribution in [1.29, 1.82) is 0 Å². The zero-order valence-electron chi connectivity index (χ0n) is 9.44. The molecular formula is C12H8O5S2. The Kier molecular flexibility index (Phi) is 2.77. The highest BCUT2D eigenvalue weighted by atomic mass is 32.3. The highest BCUT2D eigenvalue weighted by Gasteiger charge is 2.28. The quantitative estimate of drug-likeness (QED) is 0.811. The first-order valence-corrected chi connectivity index (χ1v) is 7.72. The van der Waals surface area contributed by atoms with Gasteiger partial charge in [-0.25, -0.2) is 0 Å². The van der Waals surface area contributed by atoms with Gasteiger partial charge >= 0.3 is 0 Å². The standard InChI is InChI=1S/C12H8O5S2/c13-11-7-3-1-2-4-8(7)17-9-5-6-10(18-12(9)11)19(14,15)16/h1-6,10H,(H,14,15,16). The molecule has 7 heteroatoms. The van der Waals surface area contributed by atoms with Gasteiger partial charge in [0.1, 0.15) is 11.3 Å². The lowest BCUT2D eigenvalue weighted by Crippen LogP contribution is -2.19. The number of benzene rings is 1. The predicted octanol–water partition coefficient (Wildman–Crippen LogP) is 2.13. The molecule has 3 rings (SSSR count). The SMILES string of the molecule is O=c1c2c(oc3ccccc13)C=CC(S(=O)(=O)O)S2. The Balaban J connectivity index is 2.26. The summed E-state index contributed by atoms with van der Waals surface area (Å²) in [5.41, 5.74) is 0.154. The summed E-state index contributed by atoms with van der Waals surface area (Å²) in [5.74, 6) is 0.314. The van der Waals surface area contributed by atoms with Crippen molar-refractivity contribution >= 4 is 38.9 Å². The number of hydrogen-bond donors (Lipinski definition) is 1. The van der Waals surface area contributed by atoms with Crippen LogP contribution in [-0.2, 0) is 10.1 Å². The Morgan fingerprint density at radius 1 is 1.26 bits per heavy atom. The summed E-state index contributed by atoms with van der Waals surface area (Å²) < 4.78 is 35.6. The third kappa shape index (κ3) is 2.09. The average Bonchev–Trinajstić information content (AvgIpc) is 2.37. The van der Waals surface area contributed by atoms with E-state index in [1.165, 1.54) is 12.2 Å². The molecule has 5 nitrogen and oxygen atoms in total. The Morgan fingerprint density at radius 3 is 2.74 bits per heavy atom. The smallest absolute Gasteiger partial charge is 0.281 e. The minimum Gasteiger partial charge on any atom is -0.455 e. The van der Waals surface area contributed by atoms with Crippen molar-refractivity contribution in [3.63, 3.8) is 0 Å². The van der Waals surface area contributed by atoms with Gasteiger partial charge in [0.25, 0.3) is 10.1 Å². The molecule has 0 aliphatic carbocycles. The summed E-state index contributed by atoms with van der Waals surface area (Å²) in [6.45, 7) is 0. The molecule has 2 aromatic rings. The van der Waals surface area contributed by atoms with Gasteiger partial charge in [-0.05, 0) is 18.2 Å². The molecule has 19 heavy (non-hydrogen) atoms. The second kappa shape index (κ2) is 4.22. The molecule has 98 valence electrons. The molecule has 1 aliphatic rings. The van der Waals surface area contributed by atoms with Crippen LogP contribution in [-0.4, -0.2) is 17.6 Å². The number of rotatable bonds is 1. The van der Waals surface area contributed by atoms with Crippen molar-refractivity contribution in [2.24, 2.45) is 0 Å². The van der Waals surface area contributed by atoms with E-state index in [9.17, 15) is 13.2 Å². The fourth-order valence-corrected chi connectivity index (χ4v) is 3.73. The zero-order chi connectivity index (χ0) is 13.6. The number of hydrogen-bond acceptors (Lipinski definition) is 5. The second-order valence-electron chi connectivity index (χ2n) is 3.98. The largest absolute Gasteiger partial charge is 0.455 e. The molecule has 0 saturated heterocycles. The van der Waals surface area contributed by atoms with Gasteiger partial charge in [-0.15, -0.1) is 0 Å². The van der Waals surface area contributed by atoms with E-state index in [4.69, 9.17) is 8.97 Å². The maximum atomic E-state index is 12.3. The van der Waals surface area contributed by atoms with Crippen LogP contribution in [0.1, 0.15) is 5.76 Å². The normalized spacial score (nSPS) is 18.5. The Bertz CT molecular complexity index is 848. The first kappa shape index (κ1) is 12.5. The number of fused-ring (bicyclic) bond motifs is 2. The highest BCUT2D eigenvalue weighted by molar-refractivity contribution is 8.12. The van der Waals surface area contributed by atoms with Gasteiger partial charge in [-0.2, -0.15) is 8.42 Å². The molecule has 1 atom stereocenters. The third-order valence-electron chi connectivity index (χ3n) is 2.71. The Hall–Kier alpha value is -1.57. The van der Waals surface area contributed by atoms with Crippen molar-refractivity contribution < 1.29 is 17.4 Å². The van der Waals surface area contributed by atoms with Crippen LogP contribution in [0, 0.1) is 0 Å². The van der Waals surface area contributed by atoms with E-state index in [-0.39, 0.29) is 10.3 Å². The van der Waals surface area contributed by atoms with Crippen LogP contribution in [0.3, 0.4) is 0 Å². The van der Waals surface area contributed by atoms with Crippen LogP contribution < -0.4 is 5.43 Å². The van der Waals surface area contributed by atoms with Crippen molar-refractivity contribution in [3.8, 4) is 0 Å². The van der Waals surface area contributed by atoms with Gasteiger partial charge < -0.3 is 4.42 Å². The molecule has 0 fully saturated rings. The average molecular weight is 296 g/mol. The van der Waals surface area contributed by atoms with Gasteiger partial charge in [0.15, 0.2) is 4.58 Å². The van der Waals surface area contributed by atoms with E-state index in [0.29, 0.717) is 16.7 Å². The molecule has 1 aliphatic heterocycles. The van der Waals surface area contributed by atoms with Gasteiger partial charge in [0.05, 0.1) is 10.3 Å². The first-order valence-electron chi connectivity index (χ1n) is 5.34. The van der Waals surface area contributed by atoms with E-state index in [2.05, 4.69) is 0 Å². The van der Waals surface area contributed by atoms with Gasteiger partial charge in [0, 0.05) is 0 Å². The summed E-state index contributed by atoms with van der Waals surface area (Å²) in [5, 5.41) is 0.387. The predicted molar refractivity (Wildman–Crippen MR) is 72.7 cm³/mol. The van der Waals surface area contributed by atoms with Crippen LogP contribution in [0.25, 0.3) is 17.0 Å². The Labute approximate surface area is 112 Å². The monoisotopic (exact) mass is 296 g/mol. The lowest BCUT2D eigenvalue weighted by atomic mass is 10.2. The van der Waals surface area contributed by atoms with Gasteiger partial charge in [-0.3, -0.25) is 9.35 Å². The van der Waals surface area contributed by atoms with Crippen LogP contribution in [0.4, 0.5) is 0 Å². The zero-order valence-corrected chi connectivity index (χ0v) is 11.1. The van der Waals surface area contributed by atoms with Crippen LogP contribution in [0.5, 0.6) is 0 Å². The van der Waals surface area contributed by atoms with E-state index >= 15 is 0 Å². The number of para-hydroxylation sites is 1. The first-order chi connectivity index (χ1) is 8.97. The lowest BCUT2D eigenvalue weighted by Gasteiger charge is -2.15. The molecule has 1 aromatic heterocycles. The Morgan fingerprint density at radius 2 is 2.00 bits per heavy atom. The summed E-state index contributed by atoms with van der Waals surface area (Å²) in [6.07, 6.45) is 2.69. The van der Waals surface area contributed by atoms with Crippen molar-refractivity contribution in [1.82, 2.24) is 0 Å². The second-order valence-corrected chi connectivity index (χ2v) is 6.97. The summed E-state index contributed by atoms with van der Waals surface area (Å²) in [7, 11) is -4.24. The highest BCUT2D eigenvalue weighted by Crippen LogP contribution is 2.34. The molecule has 0 bridgehead atoms. The van der Waals surface area contributed by atoms with Crippen molar-refractivity contribution in [3.05, 3.63) is 46.3 Å². The van der Waals surface area contributed by atoms with E-state index in [1.54, 1.807) is 24.3 Å². The van der Waals surface area contributed by atoms with Crippen LogP contribution in [0.2, 0.25) is 0 Å².